The molecule has 0 aromatic heterocycles. The van der Waals surface area contributed by atoms with Gasteiger partial charge in [0.2, 0.25) is 0 Å². The molecule has 18 heavy (non-hydrogen) atoms. The molecule has 0 fully saturated rings. The maximum absolute atomic E-state index is 6.04. The summed E-state index contributed by atoms with van der Waals surface area (Å²) in [7, 11) is 1.52. The highest BCUT2D eigenvalue weighted by atomic mass is 35.5. The topological polar surface area (TPSA) is 18.5 Å². The van der Waals surface area contributed by atoms with E-state index in [1.54, 1.807) is 12.1 Å². The minimum Gasteiger partial charge on any atom is -0.494 e. The number of aryl methyl sites for hydroxylation is 1. The van der Waals surface area contributed by atoms with Gasteiger partial charge in [-0.2, -0.15) is 0 Å². The van der Waals surface area contributed by atoms with E-state index in [1.807, 2.05) is 31.2 Å². The lowest BCUT2D eigenvalue weighted by molar-refractivity contribution is 0.413. The summed E-state index contributed by atoms with van der Waals surface area (Å²) >= 11 is 12.1. The van der Waals surface area contributed by atoms with Gasteiger partial charge in [-0.1, -0.05) is 35.3 Å². The number of hydrogen-bond acceptors (Lipinski definition) is 2. The Kier molecular flexibility index (Phi) is 4.00. The predicted octanol–water partition coefficient (Wildman–Crippen LogP) is 5.10. The molecule has 0 atom stereocenters. The number of benzene rings is 2. The summed E-state index contributed by atoms with van der Waals surface area (Å²) in [5, 5.41) is 0.848. The summed E-state index contributed by atoms with van der Waals surface area (Å²) < 4.78 is 10.8. The van der Waals surface area contributed by atoms with Crippen molar-refractivity contribution in [2.45, 2.75) is 6.92 Å². The quantitative estimate of drug-likeness (QED) is 0.780. The molecule has 0 N–H and O–H groups in total. The minimum atomic E-state index is 0.424. The van der Waals surface area contributed by atoms with Crippen molar-refractivity contribution in [1.29, 1.82) is 0 Å². The van der Waals surface area contributed by atoms with E-state index in [0.717, 1.165) is 11.3 Å². The number of rotatable bonds is 3. The fourth-order valence-electron chi connectivity index (χ4n) is 1.61. The van der Waals surface area contributed by atoms with Crippen molar-refractivity contribution in [3.63, 3.8) is 0 Å². The van der Waals surface area contributed by atoms with E-state index in [4.69, 9.17) is 32.7 Å². The zero-order chi connectivity index (χ0) is 13.1. The summed E-state index contributed by atoms with van der Waals surface area (Å²) in [6.45, 7) is 2.00. The van der Waals surface area contributed by atoms with Gasteiger partial charge < -0.3 is 9.47 Å². The molecule has 2 nitrogen and oxygen atoms in total. The van der Waals surface area contributed by atoms with Gasteiger partial charge in [-0.3, -0.25) is 0 Å². The number of methoxy groups -OCH3 is 1. The molecule has 4 heteroatoms. The monoisotopic (exact) mass is 282 g/mol. The van der Waals surface area contributed by atoms with E-state index in [-0.39, 0.29) is 0 Å². The number of hydrogen-bond donors (Lipinski definition) is 0. The summed E-state index contributed by atoms with van der Waals surface area (Å²) in [4.78, 5) is 0. The lowest BCUT2D eigenvalue weighted by Crippen LogP contribution is -1.89. The fraction of sp³-hybridized carbons (Fsp3) is 0.143. The molecule has 0 spiro atoms. The van der Waals surface area contributed by atoms with Gasteiger partial charge in [0.15, 0.2) is 5.75 Å². The minimum absolute atomic E-state index is 0.424. The van der Waals surface area contributed by atoms with Crippen LogP contribution in [-0.4, -0.2) is 7.11 Å². The Labute approximate surface area is 116 Å². The molecule has 0 saturated carbocycles. The Morgan fingerprint density at radius 2 is 1.61 bits per heavy atom. The van der Waals surface area contributed by atoms with Crippen molar-refractivity contribution >= 4 is 23.2 Å². The smallest absolute Gasteiger partial charge is 0.156 e. The van der Waals surface area contributed by atoms with Crippen molar-refractivity contribution in [3.8, 4) is 17.2 Å². The molecule has 2 aromatic rings. The molecule has 0 heterocycles. The van der Waals surface area contributed by atoms with Crippen LogP contribution >= 0.6 is 23.2 Å². The molecule has 0 amide bonds. The van der Waals surface area contributed by atoms with Crippen LogP contribution in [0.3, 0.4) is 0 Å². The maximum atomic E-state index is 6.04. The molecule has 0 aliphatic carbocycles. The van der Waals surface area contributed by atoms with Gasteiger partial charge in [0.25, 0.3) is 0 Å². The second-order valence-electron chi connectivity index (χ2n) is 3.84. The van der Waals surface area contributed by atoms with Gasteiger partial charge >= 0.3 is 0 Å². The van der Waals surface area contributed by atoms with Gasteiger partial charge in [-0.25, -0.2) is 0 Å². The predicted molar refractivity (Wildman–Crippen MR) is 74.3 cm³/mol. The highest BCUT2D eigenvalue weighted by molar-refractivity contribution is 6.37. The van der Waals surface area contributed by atoms with Gasteiger partial charge in [0, 0.05) is 12.1 Å². The van der Waals surface area contributed by atoms with Gasteiger partial charge in [0.1, 0.15) is 11.5 Å². The first-order valence-corrected chi connectivity index (χ1v) is 6.13. The second kappa shape index (κ2) is 5.51. The Bertz CT molecular complexity index is 544. The van der Waals surface area contributed by atoms with E-state index in [9.17, 15) is 0 Å². The van der Waals surface area contributed by atoms with Crippen molar-refractivity contribution < 1.29 is 9.47 Å². The lowest BCUT2D eigenvalue weighted by atomic mass is 10.2. The highest BCUT2D eigenvalue weighted by Crippen LogP contribution is 2.37. The SMILES string of the molecule is COc1c(Cl)cc(Oc2cccc(C)c2)cc1Cl. The fourth-order valence-corrected chi connectivity index (χ4v) is 2.23. The number of halogens is 2. The van der Waals surface area contributed by atoms with Crippen LogP contribution in [0.25, 0.3) is 0 Å². The number of ether oxygens (including phenoxy) is 2. The first-order valence-electron chi connectivity index (χ1n) is 5.37. The molecule has 94 valence electrons. The Morgan fingerprint density at radius 3 is 2.17 bits per heavy atom. The third-order valence-electron chi connectivity index (χ3n) is 2.40. The van der Waals surface area contributed by atoms with E-state index >= 15 is 0 Å². The molecular formula is C14H12Cl2O2. The van der Waals surface area contributed by atoms with E-state index < -0.39 is 0 Å². The van der Waals surface area contributed by atoms with Crippen LogP contribution in [0.2, 0.25) is 10.0 Å². The van der Waals surface area contributed by atoms with Crippen LogP contribution in [0, 0.1) is 6.92 Å². The van der Waals surface area contributed by atoms with Crippen LogP contribution in [-0.2, 0) is 0 Å². The van der Waals surface area contributed by atoms with E-state index in [1.165, 1.54) is 7.11 Å². The van der Waals surface area contributed by atoms with Crippen molar-refractivity contribution in [3.05, 3.63) is 52.0 Å². The average molecular weight is 283 g/mol. The van der Waals surface area contributed by atoms with E-state index in [0.29, 0.717) is 21.5 Å². The molecule has 0 bridgehead atoms. The summed E-state index contributed by atoms with van der Waals surface area (Å²) in [5.41, 5.74) is 1.12. The second-order valence-corrected chi connectivity index (χ2v) is 4.65. The van der Waals surface area contributed by atoms with Crippen LogP contribution in [0.5, 0.6) is 17.2 Å². The maximum Gasteiger partial charge on any atom is 0.156 e. The zero-order valence-corrected chi connectivity index (χ0v) is 11.5. The van der Waals surface area contributed by atoms with E-state index in [2.05, 4.69) is 0 Å². The normalized spacial score (nSPS) is 10.2. The first-order chi connectivity index (χ1) is 8.60. The third kappa shape index (κ3) is 2.89. The molecule has 0 unspecified atom stereocenters. The van der Waals surface area contributed by atoms with Crippen LogP contribution in [0.4, 0.5) is 0 Å². The Balaban J connectivity index is 2.30. The molecule has 0 saturated heterocycles. The summed E-state index contributed by atoms with van der Waals surface area (Å²) in [6, 6.07) is 11.1. The zero-order valence-electron chi connectivity index (χ0n) is 10.0. The van der Waals surface area contributed by atoms with Crippen LogP contribution in [0.1, 0.15) is 5.56 Å². The first kappa shape index (κ1) is 13.1. The summed E-state index contributed by atoms with van der Waals surface area (Å²) in [5.74, 6) is 1.78. The Hall–Kier alpha value is -1.38. The largest absolute Gasteiger partial charge is 0.494 e. The van der Waals surface area contributed by atoms with Gasteiger partial charge in [-0.15, -0.1) is 0 Å². The molecule has 0 radical (unpaired) electrons. The highest BCUT2D eigenvalue weighted by Gasteiger charge is 2.09. The van der Waals surface area contributed by atoms with Crippen LogP contribution in [0.15, 0.2) is 36.4 Å². The van der Waals surface area contributed by atoms with Crippen molar-refractivity contribution in [2.24, 2.45) is 0 Å². The average Bonchev–Trinajstić information content (AvgIpc) is 2.28. The standard InChI is InChI=1S/C14H12Cl2O2/c1-9-4-3-5-10(6-9)18-11-7-12(15)14(17-2)13(16)8-11/h3-8H,1-2H3. The van der Waals surface area contributed by atoms with Gasteiger partial charge in [0.05, 0.1) is 17.2 Å². The van der Waals surface area contributed by atoms with Crippen molar-refractivity contribution in [2.75, 3.05) is 7.11 Å². The third-order valence-corrected chi connectivity index (χ3v) is 2.96. The lowest BCUT2D eigenvalue weighted by Gasteiger charge is -2.10. The molecular weight excluding hydrogens is 271 g/mol. The van der Waals surface area contributed by atoms with Crippen LogP contribution < -0.4 is 9.47 Å². The summed E-state index contributed by atoms with van der Waals surface area (Å²) in [6.07, 6.45) is 0. The Morgan fingerprint density at radius 1 is 0.944 bits per heavy atom. The molecule has 2 aromatic carbocycles. The molecule has 0 aliphatic rings. The molecule has 2 rings (SSSR count). The van der Waals surface area contributed by atoms with Crippen molar-refractivity contribution in [1.82, 2.24) is 0 Å². The molecule has 0 aliphatic heterocycles. The van der Waals surface area contributed by atoms with Gasteiger partial charge in [-0.05, 0) is 24.6 Å².